The topological polar surface area (TPSA) is 57.3 Å². The highest BCUT2D eigenvalue weighted by Crippen LogP contribution is 2.36. The van der Waals surface area contributed by atoms with Crippen LogP contribution in [0.15, 0.2) is 48.9 Å². The van der Waals surface area contributed by atoms with E-state index < -0.39 is 11.6 Å². The molecule has 6 rings (SSSR count). The van der Waals surface area contributed by atoms with Crippen LogP contribution in [0.2, 0.25) is 0 Å². The molecule has 0 aliphatic carbocycles. The molecule has 0 saturated carbocycles. The van der Waals surface area contributed by atoms with Crippen molar-refractivity contribution in [1.82, 2.24) is 25.0 Å². The molecular formula is C27H29F2N5O. The molecule has 0 radical (unpaired) electrons. The standard InChI is InChI=1S/C27H29F2N5O/c28-20-3-4-25(23(29)14-20)35-17-18-2-1-11-34(16-18)33-12-7-19(8-13-33)21-5-9-30-24-15-32-27-22(26(21)24)6-10-31-27/h3-6,9-10,14-15,18-19H,1-2,7-8,11-13,16-17H2,(H,31,32). The van der Waals surface area contributed by atoms with Crippen LogP contribution < -0.4 is 4.74 Å². The predicted molar refractivity (Wildman–Crippen MR) is 131 cm³/mol. The third-order valence-electron chi connectivity index (χ3n) is 7.50. The maximum atomic E-state index is 13.9. The Labute approximate surface area is 202 Å². The summed E-state index contributed by atoms with van der Waals surface area (Å²) in [5.41, 5.74) is 3.23. The van der Waals surface area contributed by atoms with E-state index >= 15 is 0 Å². The number of pyridine rings is 2. The number of halogens is 2. The average Bonchev–Trinajstić information content (AvgIpc) is 3.37. The smallest absolute Gasteiger partial charge is 0.167 e. The summed E-state index contributed by atoms with van der Waals surface area (Å²) in [6, 6.07) is 7.75. The molecule has 5 heterocycles. The molecule has 182 valence electrons. The quantitative estimate of drug-likeness (QED) is 0.424. The van der Waals surface area contributed by atoms with E-state index in [0.29, 0.717) is 18.4 Å². The molecule has 0 amide bonds. The van der Waals surface area contributed by atoms with Crippen LogP contribution in [0.1, 0.15) is 37.2 Å². The number of hydrogen-bond acceptors (Lipinski definition) is 5. The summed E-state index contributed by atoms with van der Waals surface area (Å²) >= 11 is 0. The summed E-state index contributed by atoms with van der Waals surface area (Å²) in [4.78, 5) is 12.3. The number of ether oxygens (including phenoxy) is 1. The zero-order chi connectivity index (χ0) is 23.8. The van der Waals surface area contributed by atoms with Crippen LogP contribution in [-0.4, -0.2) is 57.8 Å². The lowest BCUT2D eigenvalue weighted by molar-refractivity contribution is -0.0738. The van der Waals surface area contributed by atoms with Gasteiger partial charge in [0.15, 0.2) is 11.6 Å². The SMILES string of the molecule is Fc1ccc(OCC2CCCN(N3CCC(c4ccnc5cnc6[nH]ccc6c45)CC3)C2)c(F)c1. The van der Waals surface area contributed by atoms with Gasteiger partial charge >= 0.3 is 0 Å². The van der Waals surface area contributed by atoms with E-state index in [0.717, 1.165) is 74.5 Å². The molecule has 4 aromatic rings. The fraction of sp³-hybridized carbons (Fsp3) is 0.407. The number of rotatable bonds is 5. The second kappa shape index (κ2) is 9.51. The minimum absolute atomic E-state index is 0.126. The lowest BCUT2D eigenvalue weighted by Crippen LogP contribution is -2.51. The number of nitrogens with zero attached hydrogens (tertiary/aromatic N) is 4. The Morgan fingerprint density at radius 2 is 1.89 bits per heavy atom. The van der Waals surface area contributed by atoms with Gasteiger partial charge < -0.3 is 9.72 Å². The largest absolute Gasteiger partial charge is 0.490 e. The monoisotopic (exact) mass is 477 g/mol. The molecule has 2 aliphatic heterocycles. The lowest BCUT2D eigenvalue weighted by Gasteiger charge is -2.43. The molecule has 2 fully saturated rings. The van der Waals surface area contributed by atoms with Gasteiger partial charge in [0, 0.05) is 61.3 Å². The first-order valence-electron chi connectivity index (χ1n) is 12.4. The number of H-pyrrole nitrogens is 1. The van der Waals surface area contributed by atoms with Gasteiger partial charge in [-0.3, -0.25) is 4.98 Å². The molecule has 6 nitrogen and oxygen atoms in total. The van der Waals surface area contributed by atoms with Crippen molar-refractivity contribution in [2.75, 3.05) is 32.8 Å². The fourth-order valence-electron chi connectivity index (χ4n) is 5.72. The number of aromatic nitrogens is 3. The Kier molecular flexibility index (Phi) is 6.08. The van der Waals surface area contributed by atoms with Crippen LogP contribution in [0, 0.1) is 17.6 Å². The van der Waals surface area contributed by atoms with Gasteiger partial charge in [-0.25, -0.2) is 23.8 Å². The van der Waals surface area contributed by atoms with Gasteiger partial charge in [-0.05, 0) is 61.4 Å². The van der Waals surface area contributed by atoms with Crippen molar-refractivity contribution in [3.05, 3.63) is 66.1 Å². The Morgan fingerprint density at radius 3 is 2.74 bits per heavy atom. The maximum Gasteiger partial charge on any atom is 0.167 e. The van der Waals surface area contributed by atoms with Crippen molar-refractivity contribution in [2.24, 2.45) is 5.92 Å². The van der Waals surface area contributed by atoms with Crippen molar-refractivity contribution >= 4 is 21.9 Å². The van der Waals surface area contributed by atoms with Crippen molar-refractivity contribution < 1.29 is 13.5 Å². The van der Waals surface area contributed by atoms with Crippen molar-refractivity contribution in [2.45, 2.75) is 31.6 Å². The summed E-state index contributed by atoms with van der Waals surface area (Å²) in [6.45, 7) is 4.41. The molecule has 0 spiro atoms. The van der Waals surface area contributed by atoms with E-state index in [-0.39, 0.29) is 5.75 Å². The van der Waals surface area contributed by atoms with E-state index in [1.165, 1.54) is 23.1 Å². The number of benzene rings is 1. The second-order valence-corrected chi connectivity index (χ2v) is 9.69. The Bertz CT molecular complexity index is 1330. The summed E-state index contributed by atoms with van der Waals surface area (Å²) in [7, 11) is 0. The first-order chi connectivity index (χ1) is 17.2. The van der Waals surface area contributed by atoms with Gasteiger partial charge in [0.25, 0.3) is 0 Å². The van der Waals surface area contributed by atoms with Gasteiger partial charge in [-0.2, -0.15) is 0 Å². The molecule has 0 bridgehead atoms. The normalized spacial score (nSPS) is 20.6. The van der Waals surface area contributed by atoms with E-state index in [1.54, 1.807) is 0 Å². The fourth-order valence-corrected chi connectivity index (χ4v) is 5.72. The third-order valence-corrected chi connectivity index (χ3v) is 7.50. The lowest BCUT2D eigenvalue weighted by atomic mass is 9.87. The Hall–Kier alpha value is -3.10. The molecule has 1 unspecified atom stereocenters. The van der Waals surface area contributed by atoms with Crippen molar-refractivity contribution in [1.29, 1.82) is 0 Å². The van der Waals surface area contributed by atoms with Gasteiger partial charge in [0.1, 0.15) is 11.5 Å². The van der Waals surface area contributed by atoms with Crippen LogP contribution in [0.3, 0.4) is 0 Å². The predicted octanol–water partition coefficient (Wildman–Crippen LogP) is 5.27. The molecule has 8 heteroatoms. The van der Waals surface area contributed by atoms with Gasteiger partial charge in [-0.1, -0.05) is 0 Å². The van der Waals surface area contributed by atoms with Gasteiger partial charge in [0.05, 0.1) is 18.3 Å². The van der Waals surface area contributed by atoms with Crippen LogP contribution in [-0.2, 0) is 0 Å². The van der Waals surface area contributed by atoms with E-state index in [4.69, 9.17) is 4.74 Å². The van der Waals surface area contributed by atoms with E-state index in [1.807, 2.05) is 18.6 Å². The third kappa shape index (κ3) is 4.48. The molecule has 1 atom stereocenters. The Balaban J connectivity index is 1.10. The maximum absolute atomic E-state index is 13.9. The van der Waals surface area contributed by atoms with Crippen LogP contribution >= 0.6 is 0 Å². The number of hydrazine groups is 1. The number of fused-ring (bicyclic) bond motifs is 3. The van der Waals surface area contributed by atoms with Gasteiger partial charge in [0.2, 0.25) is 0 Å². The van der Waals surface area contributed by atoms with Crippen molar-refractivity contribution in [3.8, 4) is 5.75 Å². The average molecular weight is 478 g/mol. The summed E-state index contributed by atoms with van der Waals surface area (Å²) in [5.74, 6) is -0.292. The van der Waals surface area contributed by atoms with Crippen LogP contribution in [0.25, 0.3) is 21.9 Å². The van der Waals surface area contributed by atoms with Crippen LogP contribution in [0.4, 0.5) is 8.78 Å². The minimum Gasteiger partial charge on any atom is -0.490 e. The molecule has 1 aromatic carbocycles. The van der Waals surface area contributed by atoms with Crippen LogP contribution in [0.5, 0.6) is 5.75 Å². The zero-order valence-corrected chi connectivity index (χ0v) is 19.6. The molecule has 1 N–H and O–H groups in total. The second-order valence-electron chi connectivity index (χ2n) is 9.69. The highest BCUT2D eigenvalue weighted by atomic mass is 19.1. The molecule has 35 heavy (non-hydrogen) atoms. The molecular weight excluding hydrogens is 448 g/mol. The number of piperidine rings is 2. The molecule has 3 aromatic heterocycles. The first-order valence-corrected chi connectivity index (χ1v) is 12.4. The first kappa shape index (κ1) is 22.4. The zero-order valence-electron chi connectivity index (χ0n) is 19.6. The van der Waals surface area contributed by atoms with E-state index in [2.05, 4.69) is 37.1 Å². The summed E-state index contributed by atoms with van der Waals surface area (Å²) < 4.78 is 32.8. The van der Waals surface area contributed by atoms with Crippen molar-refractivity contribution in [3.63, 3.8) is 0 Å². The highest BCUT2D eigenvalue weighted by molar-refractivity contribution is 6.05. The van der Waals surface area contributed by atoms with E-state index in [9.17, 15) is 8.78 Å². The highest BCUT2D eigenvalue weighted by Gasteiger charge is 2.29. The summed E-state index contributed by atoms with van der Waals surface area (Å²) in [6.07, 6.45) is 10.0. The number of hydrogen-bond donors (Lipinski definition) is 1. The number of nitrogens with one attached hydrogen (secondary N) is 1. The van der Waals surface area contributed by atoms with Gasteiger partial charge in [-0.15, -0.1) is 0 Å². The minimum atomic E-state index is -0.643. The molecule has 2 aliphatic rings. The Morgan fingerprint density at radius 1 is 1.00 bits per heavy atom. The molecule has 2 saturated heterocycles. The summed E-state index contributed by atoms with van der Waals surface area (Å²) in [5, 5.41) is 7.30. The number of aromatic amines is 1.